The first kappa shape index (κ1) is 18.5. The summed E-state index contributed by atoms with van der Waals surface area (Å²) >= 11 is 0. The number of hydrogen-bond acceptors (Lipinski definition) is 5. The molecule has 132 valence electrons. The fourth-order valence-corrected chi connectivity index (χ4v) is 4.86. The first-order valence-electron chi connectivity index (χ1n) is 7.94. The molecule has 1 aliphatic carbocycles. The van der Waals surface area contributed by atoms with Crippen LogP contribution in [-0.2, 0) is 10.8 Å². The SMILES string of the molecule is CC(C)(C)C1CCC(S(=O)c2ccc([N+](=O)[O-])cc2[N+](=O)[O-])CC1. The Morgan fingerprint density at radius 1 is 1.04 bits per heavy atom. The highest BCUT2D eigenvalue weighted by atomic mass is 32.2. The van der Waals surface area contributed by atoms with Crippen LogP contribution in [0.1, 0.15) is 46.5 Å². The molecule has 1 aromatic rings. The molecule has 2 rings (SSSR count). The van der Waals surface area contributed by atoms with Gasteiger partial charge < -0.3 is 0 Å². The van der Waals surface area contributed by atoms with Gasteiger partial charge in [-0.1, -0.05) is 20.8 Å². The number of non-ortho nitro benzene ring substituents is 1. The summed E-state index contributed by atoms with van der Waals surface area (Å²) in [5.74, 6) is 0.553. The molecule has 0 spiro atoms. The second-order valence-electron chi connectivity index (χ2n) is 7.30. The molecule has 0 aliphatic heterocycles. The van der Waals surface area contributed by atoms with Crippen LogP contribution in [-0.4, -0.2) is 19.3 Å². The van der Waals surface area contributed by atoms with Crippen molar-refractivity contribution >= 4 is 22.2 Å². The molecule has 1 atom stereocenters. The molecule has 24 heavy (non-hydrogen) atoms. The Morgan fingerprint density at radius 2 is 1.62 bits per heavy atom. The highest BCUT2D eigenvalue weighted by molar-refractivity contribution is 7.85. The molecular weight excluding hydrogens is 332 g/mol. The smallest absolute Gasteiger partial charge is 0.258 e. The van der Waals surface area contributed by atoms with Gasteiger partial charge in [-0.05, 0) is 43.1 Å². The zero-order valence-corrected chi connectivity index (χ0v) is 14.9. The summed E-state index contributed by atoms with van der Waals surface area (Å²) in [5.41, 5.74) is -0.592. The van der Waals surface area contributed by atoms with E-state index in [1.54, 1.807) is 0 Å². The fraction of sp³-hybridized carbons (Fsp3) is 0.625. The molecule has 1 fully saturated rings. The summed E-state index contributed by atoms with van der Waals surface area (Å²) < 4.78 is 12.8. The third-order valence-electron chi connectivity index (χ3n) is 4.77. The minimum Gasteiger partial charge on any atom is -0.258 e. The molecule has 0 amide bonds. The monoisotopic (exact) mass is 354 g/mol. The van der Waals surface area contributed by atoms with E-state index >= 15 is 0 Å². The summed E-state index contributed by atoms with van der Waals surface area (Å²) in [6.07, 6.45) is 3.40. The number of hydrogen-bond donors (Lipinski definition) is 0. The molecule has 1 saturated carbocycles. The maximum Gasteiger partial charge on any atom is 0.292 e. The normalized spacial score (nSPS) is 22.8. The van der Waals surface area contributed by atoms with Gasteiger partial charge in [-0.25, -0.2) is 0 Å². The Bertz CT molecular complexity index is 676. The van der Waals surface area contributed by atoms with Crippen LogP contribution < -0.4 is 0 Å². The lowest BCUT2D eigenvalue weighted by Gasteiger charge is -2.36. The van der Waals surface area contributed by atoms with E-state index in [-0.39, 0.29) is 21.2 Å². The van der Waals surface area contributed by atoms with Crippen molar-refractivity contribution in [3.63, 3.8) is 0 Å². The molecule has 1 aromatic carbocycles. The van der Waals surface area contributed by atoms with Gasteiger partial charge in [0.25, 0.3) is 11.4 Å². The molecule has 0 aromatic heterocycles. The fourth-order valence-electron chi connectivity index (χ4n) is 3.25. The molecule has 0 saturated heterocycles. The molecule has 0 radical (unpaired) electrons. The van der Waals surface area contributed by atoms with E-state index in [0.717, 1.165) is 31.7 Å². The van der Waals surface area contributed by atoms with E-state index in [0.29, 0.717) is 5.92 Å². The zero-order chi connectivity index (χ0) is 18.1. The van der Waals surface area contributed by atoms with Crippen LogP contribution >= 0.6 is 0 Å². The number of nitro groups is 2. The van der Waals surface area contributed by atoms with Crippen LogP contribution in [0.25, 0.3) is 0 Å². The standard InChI is InChI=1S/C16H22N2O5S/c1-16(2,3)11-4-7-13(8-5-11)24(23)15-9-6-12(17(19)20)10-14(15)18(21)22/h6,9-11,13H,4-5,7-8H2,1-3H3. The van der Waals surface area contributed by atoms with E-state index in [4.69, 9.17) is 0 Å². The predicted octanol–water partition coefficient (Wildman–Crippen LogP) is 4.22. The van der Waals surface area contributed by atoms with Crippen LogP contribution in [0.5, 0.6) is 0 Å². The zero-order valence-electron chi connectivity index (χ0n) is 14.1. The molecule has 7 nitrogen and oxygen atoms in total. The largest absolute Gasteiger partial charge is 0.292 e. The minimum absolute atomic E-state index is 0.0878. The molecule has 1 unspecified atom stereocenters. The van der Waals surface area contributed by atoms with Gasteiger partial charge in [-0.15, -0.1) is 0 Å². The summed E-state index contributed by atoms with van der Waals surface area (Å²) in [4.78, 5) is 20.7. The topological polar surface area (TPSA) is 103 Å². The second-order valence-corrected chi connectivity index (χ2v) is 9.00. The van der Waals surface area contributed by atoms with Crippen molar-refractivity contribution in [2.75, 3.05) is 0 Å². The van der Waals surface area contributed by atoms with Crippen molar-refractivity contribution < 1.29 is 14.1 Å². The second kappa shape index (κ2) is 6.96. The summed E-state index contributed by atoms with van der Waals surface area (Å²) in [6, 6.07) is 3.34. The molecule has 0 heterocycles. The van der Waals surface area contributed by atoms with Crippen LogP contribution in [0, 0.1) is 31.6 Å². The Morgan fingerprint density at radius 3 is 2.08 bits per heavy atom. The van der Waals surface area contributed by atoms with Crippen molar-refractivity contribution in [1.82, 2.24) is 0 Å². The van der Waals surface area contributed by atoms with Gasteiger partial charge in [-0.3, -0.25) is 24.4 Å². The lowest BCUT2D eigenvalue weighted by molar-refractivity contribution is -0.396. The van der Waals surface area contributed by atoms with Crippen molar-refractivity contribution in [2.24, 2.45) is 11.3 Å². The first-order valence-corrected chi connectivity index (χ1v) is 9.16. The maximum absolute atomic E-state index is 12.8. The number of rotatable bonds is 4. The summed E-state index contributed by atoms with van der Waals surface area (Å²) in [5, 5.41) is 21.9. The van der Waals surface area contributed by atoms with Crippen LogP contribution in [0.4, 0.5) is 11.4 Å². The quantitative estimate of drug-likeness (QED) is 0.595. The average molecular weight is 354 g/mol. The van der Waals surface area contributed by atoms with Gasteiger partial charge in [0.1, 0.15) is 4.90 Å². The molecule has 0 N–H and O–H groups in total. The van der Waals surface area contributed by atoms with Crippen LogP contribution in [0.15, 0.2) is 23.1 Å². The van der Waals surface area contributed by atoms with Crippen molar-refractivity contribution in [1.29, 1.82) is 0 Å². The highest BCUT2D eigenvalue weighted by Gasteiger charge is 2.34. The van der Waals surface area contributed by atoms with Crippen LogP contribution in [0.3, 0.4) is 0 Å². The van der Waals surface area contributed by atoms with Crippen molar-refractivity contribution in [2.45, 2.75) is 56.6 Å². The van der Waals surface area contributed by atoms with Crippen LogP contribution in [0.2, 0.25) is 0 Å². The van der Waals surface area contributed by atoms with E-state index in [1.807, 2.05) is 0 Å². The van der Waals surface area contributed by atoms with E-state index < -0.39 is 26.3 Å². The maximum atomic E-state index is 12.8. The average Bonchev–Trinajstić information content (AvgIpc) is 2.52. The van der Waals surface area contributed by atoms with Gasteiger partial charge in [-0.2, -0.15) is 0 Å². The molecular formula is C16H22N2O5S. The van der Waals surface area contributed by atoms with Gasteiger partial charge in [0.05, 0.1) is 26.7 Å². The Hall–Kier alpha value is -1.83. The molecule has 0 bridgehead atoms. The third kappa shape index (κ3) is 3.98. The van der Waals surface area contributed by atoms with Gasteiger partial charge in [0, 0.05) is 11.3 Å². The first-order chi connectivity index (χ1) is 11.1. The Balaban J connectivity index is 2.22. The third-order valence-corrected chi connectivity index (χ3v) is 6.62. The predicted molar refractivity (Wildman–Crippen MR) is 91.4 cm³/mol. The van der Waals surface area contributed by atoms with E-state index in [1.165, 1.54) is 12.1 Å². The van der Waals surface area contributed by atoms with E-state index in [2.05, 4.69) is 20.8 Å². The van der Waals surface area contributed by atoms with Gasteiger partial charge >= 0.3 is 0 Å². The van der Waals surface area contributed by atoms with Gasteiger partial charge in [0.2, 0.25) is 0 Å². The lowest BCUT2D eigenvalue weighted by Crippen LogP contribution is -2.30. The Kier molecular flexibility index (Phi) is 5.37. The number of benzene rings is 1. The minimum atomic E-state index is -1.53. The number of nitro benzene ring substituents is 2. The van der Waals surface area contributed by atoms with Gasteiger partial charge in [0.15, 0.2) is 0 Å². The van der Waals surface area contributed by atoms with E-state index in [9.17, 15) is 24.4 Å². The van der Waals surface area contributed by atoms with Crippen molar-refractivity contribution in [3.05, 3.63) is 38.4 Å². The van der Waals surface area contributed by atoms with Crippen molar-refractivity contribution in [3.8, 4) is 0 Å². The number of nitrogens with zero attached hydrogens (tertiary/aromatic N) is 2. The summed E-state index contributed by atoms with van der Waals surface area (Å²) in [7, 11) is -1.53. The molecule has 1 aliphatic rings. The summed E-state index contributed by atoms with van der Waals surface area (Å²) in [6.45, 7) is 6.57. The lowest BCUT2D eigenvalue weighted by atomic mass is 9.72. The molecule has 8 heteroatoms. The highest BCUT2D eigenvalue weighted by Crippen LogP contribution is 2.40. The Labute approximate surface area is 143 Å².